The predicted molar refractivity (Wildman–Crippen MR) is 65.6 cm³/mol. The molecule has 5 heteroatoms. The second-order valence-corrected chi connectivity index (χ2v) is 5.17. The molecule has 0 amide bonds. The first-order valence-electron chi connectivity index (χ1n) is 5.51. The van der Waals surface area contributed by atoms with Crippen LogP contribution >= 0.6 is 11.8 Å². The topological polar surface area (TPSA) is 56.2 Å². The molecule has 2 aromatic heterocycles. The van der Waals surface area contributed by atoms with Crippen molar-refractivity contribution in [3.63, 3.8) is 0 Å². The first-order chi connectivity index (χ1) is 7.88. The maximum atomic E-state index is 5.69. The van der Waals surface area contributed by atoms with Crippen molar-refractivity contribution in [2.75, 3.05) is 11.5 Å². The fourth-order valence-corrected chi connectivity index (χ4v) is 3.26. The van der Waals surface area contributed by atoms with Crippen molar-refractivity contribution in [3.8, 4) is 0 Å². The second kappa shape index (κ2) is 4.07. The minimum Gasteiger partial charge on any atom is -0.325 e. The Morgan fingerprint density at radius 1 is 1.50 bits per heavy atom. The molecule has 0 radical (unpaired) electrons. The normalized spacial score (nSPS) is 20.7. The molecule has 0 aliphatic carbocycles. The molecule has 16 heavy (non-hydrogen) atoms. The van der Waals surface area contributed by atoms with Crippen molar-refractivity contribution < 1.29 is 0 Å². The van der Waals surface area contributed by atoms with Crippen LogP contribution in [0, 0.1) is 0 Å². The number of pyridine rings is 1. The molecule has 3 heterocycles. The quantitative estimate of drug-likeness (QED) is 0.853. The fraction of sp³-hybridized carbons (Fsp3) is 0.455. The molecule has 4 nitrogen and oxygen atoms in total. The largest absolute Gasteiger partial charge is 0.325 e. The van der Waals surface area contributed by atoms with Crippen molar-refractivity contribution >= 4 is 17.4 Å². The van der Waals surface area contributed by atoms with Crippen LogP contribution in [0.15, 0.2) is 18.2 Å². The summed E-state index contributed by atoms with van der Waals surface area (Å²) in [4.78, 5) is 4.59. The fourth-order valence-electron chi connectivity index (χ4n) is 2.04. The van der Waals surface area contributed by atoms with Crippen LogP contribution < -0.4 is 5.73 Å². The third-order valence-corrected chi connectivity index (χ3v) is 4.12. The third-order valence-electron chi connectivity index (χ3n) is 2.96. The maximum absolute atomic E-state index is 5.69. The van der Waals surface area contributed by atoms with Gasteiger partial charge in [0.05, 0.1) is 5.69 Å². The molecule has 3 rings (SSSR count). The minimum atomic E-state index is 0.500. The molecule has 1 aliphatic rings. The molecule has 1 fully saturated rings. The summed E-state index contributed by atoms with van der Waals surface area (Å²) in [5.41, 5.74) is 7.61. The van der Waals surface area contributed by atoms with E-state index in [0.717, 1.165) is 22.9 Å². The van der Waals surface area contributed by atoms with E-state index in [2.05, 4.69) is 10.1 Å². The summed E-state index contributed by atoms with van der Waals surface area (Å²) < 4.78 is 1.87. The van der Waals surface area contributed by atoms with E-state index in [9.17, 15) is 0 Å². The van der Waals surface area contributed by atoms with Crippen LogP contribution in [0.25, 0.3) is 5.65 Å². The molecule has 1 atom stereocenters. The van der Waals surface area contributed by atoms with Crippen LogP contribution in [-0.2, 0) is 6.54 Å². The van der Waals surface area contributed by atoms with Gasteiger partial charge >= 0.3 is 0 Å². The van der Waals surface area contributed by atoms with Crippen molar-refractivity contribution in [3.05, 3.63) is 29.7 Å². The van der Waals surface area contributed by atoms with Crippen LogP contribution in [0.3, 0.4) is 0 Å². The molecule has 0 spiro atoms. The summed E-state index contributed by atoms with van der Waals surface area (Å²) in [5.74, 6) is 3.88. The lowest BCUT2D eigenvalue weighted by Crippen LogP contribution is -2.05. The number of nitrogens with two attached hydrogens (primary N) is 1. The van der Waals surface area contributed by atoms with Crippen molar-refractivity contribution in [2.24, 2.45) is 5.73 Å². The van der Waals surface area contributed by atoms with E-state index in [1.807, 2.05) is 34.5 Å². The molecule has 0 saturated carbocycles. The number of nitrogens with zero attached hydrogens (tertiary/aromatic N) is 3. The van der Waals surface area contributed by atoms with Crippen molar-refractivity contribution in [1.29, 1.82) is 0 Å². The molecule has 2 aromatic rings. The zero-order valence-electron chi connectivity index (χ0n) is 8.97. The van der Waals surface area contributed by atoms with Crippen LogP contribution in [0.1, 0.15) is 23.9 Å². The average molecular weight is 234 g/mol. The van der Waals surface area contributed by atoms with E-state index >= 15 is 0 Å². The van der Waals surface area contributed by atoms with Gasteiger partial charge < -0.3 is 5.73 Å². The smallest absolute Gasteiger partial charge is 0.155 e. The molecule has 2 N–H and O–H groups in total. The third kappa shape index (κ3) is 1.60. The van der Waals surface area contributed by atoms with Crippen LogP contribution in [0.2, 0.25) is 0 Å². The number of aromatic nitrogens is 3. The van der Waals surface area contributed by atoms with Crippen molar-refractivity contribution in [2.45, 2.75) is 18.9 Å². The van der Waals surface area contributed by atoms with E-state index in [1.165, 1.54) is 12.2 Å². The Hall–Kier alpha value is -1.07. The Bertz CT molecular complexity index is 502. The standard InChI is InChI=1S/C11H14N4S/c12-6-9-2-1-3-10-13-11(14-15(9)10)8-4-5-16-7-8/h1-3,8H,4-7,12H2. The predicted octanol–water partition coefficient (Wildman–Crippen LogP) is 1.41. The van der Waals surface area contributed by atoms with Gasteiger partial charge in [0.2, 0.25) is 0 Å². The Morgan fingerprint density at radius 3 is 3.19 bits per heavy atom. The van der Waals surface area contributed by atoms with E-state index in [-0.39, 0.29) is 0 Å². The lowest BCUT2D eigenvalue weighted by atomic mass is 10.1. The summed E-state index contributed by atoms with van der Waals surface area (Å²) in [6.45, 7) is 0.500. The first kappa shape index (κ1) is 10.1. The van der Waals surface area contributed by atoms with Crippen LogP contribution in [0.4, 0.5) is 0 Å². The summed E-state index contributed by atoms with van der Waals surface area (Å²) >= 11 is 1.98. The molecule has 1 aliphatic heterocycles. The van der Waals surface area contributed by atoms with Gasteiger partial charge in [0.15, 0.2) is 11.5 Å². The highest BCUT2D eigenvalue weighted by Crippen LogP contribution is 2.30. The molecule has 1 unspecified atom stereocenters. The van der Waals surface area contributed by atoms with Crippen molar-refractivity contribution in [1.82, 2.24) is 14.6 Å². The molecule has 1 saturated heterocycles. The van der Waals surface area contributed by atoms with Gasteiger partial charge in [-0.1, -0.05) is 6.07 Å². The van der Waals surface area contributed by atoms with E-state index in [4.69, 9.17) is 5.73 Å². The minimum absolute atomic E-state index is 0.500. The Balaban J connectivity index is 2.07. The molecule has 0 aromatic carbocycles. The highest BCUT2D eigenvalue weighted by Gasteiger charge is 2.22. The van der Waals surface area contributed by atoms with Gasteiger partial charge in [0.25, 0.3) is 0 Å². The molecular formula is C11H14N4S. The molecular weight excluding hydrogens is 220 g/mol. The van der Waals surface area contributed by atoms with Gasteiger partial charge in [0, 0.05) is 18.2 Å². The van der Waals surface area contributed by atoms with Crippen LogP contribution in [0.5, 0.6) is 0 Å². The maximum Gasteiger partial charge on any atom is 0.155 e. The summed E-state index contributed by atoms with van der Waals surface area (Å²) in [6, 6.07) is 5.96. The summed E-state index contributed by atoms with van der Waals surface area (Å²) in [6.07, 6.45) is 1.19. The van der Waals surface area contributed by atoms with Gasteiger partial charge in [-0.15, -0.1) is 0 Å². The van der Waals surface area contributed by atoms with Gasteiger partial charge in [-0.05, 0) is 24.3 Å². The zero-order valence-corrected chi connectivity index (χ0v) is 9.78. The number of hydrogen-bond donors (Lipinski definition) is 1. The SMILES string of the molecule is NCc1cccc2nc(C3CCSC3)nn12. The highest BCUT2D eigenvalue weighted by atomic mass is 32.2. The Kier molecular flexibility index (Phi) is 2.57. The molecule has 84 valence electrons. The van der Waals surface area contributed by atoms with Crippen LogP contribution in [-0.4, -0.2) is 26.1 Å². The second-order valence-electron chi connectivity index (χ2n) is 4.02. The number of fused-ring (bicyclic) bond motifs is 1. The average Bonchev–Trinajstić information content (AvgIpc) is 2.96. The van der Waals surface area contributed by atoms with Gasteiger partial charge in [-0.3, -0.25) is 0 Å². The van der Waals surface area contributed by atoms with E-state index in [1.54, 1.807) is 0 Å². The van der Waals surface area contributed by atoms with Gasteiger partial charge in [0.1, 0.15) is 0 Å². The monoisotopic (exact) mass is 234 g/mol. The van der Waals surface area contributed by atoms with E-state index in [0.29, 0.717) is 12.5 Å². The lowest BCUT2D eigenvalue weighted by molar-refractivity contribution is 0.705. The zero-order chi connectivity index (χ0) is 11.0. The first-order valence-corrected chi connectivity index (χ1v) is 6.66. The Labute approximate surface area is 98.2 Å². The Morgan fingerprint density at radius 2 is 2.44 bits per heavy atom. The van der Waals surface area contributed by atoms with Gasteiger partial charge in [-0.2, -0.15) is 16.9 Å². The number of hydrogen-bond acceptors (Lipinski definition) is 4. The summed E-state index contributed by atoms with van der Waals surface area (Å²) in [5, 5.41) is 4.58. The van der Waals surface area contributed by atoms with E-state index < -0.39 is 0 Å². The number of thioether (sulfide) groups is 1. The highest BCUT2D eigenvalue weighted by molar-refractivity contribution is 7.99. The molecule has 0 bridgehead atoms. The number of rotatable bonds is 2. The summed E-state index contributed by atoms with van der Waals surface area (Å²) in [7, 11) is 0. The van der Waals surface area contributed by atoms with Gasteiger partial charge in [-0.25, -0.2) is 9.50 Å². The lowest BCUT2D eigenvalue weighted by Gasteiger charge is -2.00.